The number of unbranched alkanes of at least 4 members (excludes halogenated alkanes) is 1. The molecule has 1 aromatic heterocycles. The van der Waals surface area contributed by atoms with Gasteiger partial charge in [0.15, 0.2) is 5.96 Å². The Hall–Kier alpha value is -2.08. The molecule has 0 aliphatic rings. The van der Waals surface area contributed by atoms with Gasteiger partial charge in [-0.05, 0) is 30.7 Å². The highest BCUT2D eigenvalue weighted by Crippen LogP contribution is 2.18. The van der Waals surface area contributed by atoms with Crippen LogP contribution in [0.25, 0.3) is 11.4 Å². The van der Waals surface area contributed by atoms with Crippen LogP contribution in [0.2, 0.25) is 5.02 Å². The van der Waals surface area contributed by atoms with Crippen molar-refractivity contribution in [2.75, 3.05) is 20.6 Å². The van der Waals surface area contributed by atoms with Crippen molar-refractivity contribution in [3.63, 3.8) is 0 Å². The number of hydrogen-bond donors (Lipinski definition) is 1. The number of rotatable bonds is 6. The smallest absolute Gasteiger partial charge is 0.246 e. The van der Waals surface area contributed by atoms with E-state index in [2.05, 4.69) is 32.3 Å². The van der Waals surface area contributed by atoms with Crippen molar-refractivity contribution in [3.8, 4) is 11.4 Å². The molecule has 7 heteroatoms. The van der Waals surface area contributed by atoms with Gasteiger partial charge in [-0.2, -0.15) is 4.98 Å². The maximum atomic E-state index is 5.88. The molecule has 23 heavy (non-hydrogen) atoms. The summed E-state index contributed by atoms with van der Waals surface area (Å²) in [6, 6.07) is 7.33. The Morgan fingerprint density at radius 2 is 2.09 bits per heavy atom. The Bertz CT molecular complexity index is 638. The first-order valence-corrected chi connectivity index (χ1v) is 8.02. The van der Waals surface area contributed by atoms with Crippen LogP contribution in [-0.4, -0.2) is 41.6 Å². The van der Waals surface area contributed by atoms with Gasteiger partial charge in [0.05, 0.1) is 6.54 Å². The molecule has 0 amide bonds. The maximum absolute atomic E-state index is 5.88. The quantitative estimate of drug-likeness (QED) is 0.648. The highest BCUT2D eigenvalue weighted by molar-refractivity contribution is 6.30. The van der Waals surface area contributed by atoms with E-state index in [1.807, 2.05) is 19.2 Å². The first kappa shape index (κ1) is 17.3. The van der Waals surface area contributed by atoms with Crippen molar-refractivity contribution in [2.45, 2.75) is 26.3 Å². The van der Waals surface area contributed by atoms with Gasteiger partial charge in [0.1, 0.15) is 0 Å². The molecular formula is C16H22ClN5O. The topological polar surface area (TPSA) is 66.5 Å². The first-order chi connectivity index (χ1) is 11.1. The molecule has 0 bridgehead atoms. The number of halogens is 1. The van der Waals surface area contributed by atoms with Gasteiger partial charge in [-0.15, -0.1) is 0 Å². The minimum Gasteiger partial charge on any atom is -0.347 e. The average Bonchev–Trinajstić information content (AvgIpc) is 3.03. The van der Waals surface area contributed by atoms with Crippen molar-refractivity contribution < 1.29 is 4.52 Å². The molecule has 0 aliphatic carbocycles. The van der Waals surface area contributed by atoms with Crippen LogP contribution >= 0.6 is 11.6 Å². The van der Waals surface area contributed by atoms with Gasteiger partial charge in [-0.3, -0.25) is 4.99 Å². The summed E-state index contributed by atoms with van der Waals surface area (Å²) >= 11 is 5.88. The summed E-state index contributed by atoms with van der Waals surface area (Å²) in [5, 5.41) is 7.90. The van der Waals surface area contributed by atoms with E-state index in [1.54, 1.807) is 19.2 Å². The summed E-state index contributed by atoms with van der Waals surface area (Å²) in [5.74, 6) is 1.87. The summed E-state index contributed by atoms with van der Waals surface area (Å²) in [5.41, 5.74) is 0.869. The molecule has 1 N–H and O–H groups in total. The fraction of sp³-hybridized carbons (Fsp3) is 0.438. The summed E-state index contributed by atoms with van der Waals surface area (Å²) in [4.78, 5) is 10.7. The molecular weight excluding hydrogens is 314 g/mol. The second kappa shape index (κ2) is 8.53. The van der Waals surface area contributed by atoms with Gasteiger partial charge >= 0.3 is 0 Å². The van der Waals surface area contributed by atoms with Crippen LogP contribution in [0.4, 0.5) is 0 Å². The SMILES string of the molecule is CCCCN(C)C(=NC)NCc1nc(-c2ccc(Cl)cc2)no1. The summed E-state index contributed by atoms with van der Waals surface area (Å²) < 4.78 is 5.27. The van der Waals surface area contributed by atoms with Crippen molar-refractivity contribution in [1.82, 2.24) is 20.4 Å². The predicted molar refractivity (Wildman–Crippen MR) is 92.5 cm³/mol. The van der Waals surface area contributed by atoms with Crippen molar-refractivity contribution in [2.24, 2.45) is 4.99 Å². The number of guanidine groups is 1. The Morgan fingerprint density at radius 3 is 2.74 bits per heavy atom. The van der Waals surface area contributed by atoms with E-state index < -0.39 is 0 Å². The molecule has 6 nitrogen and oxygen atoms in total. The van der Waals surface area contributed by atoms with Gasteiger partial charge in [-0.1, -0.05) is 30.1 Å². The van der Waals surface area contributed by atoms with Gasteiger partial charge < -0.3 is 14.7 Å². The molecule has 2 rings (SSSR count). The largest absolute Gasteiger partial charge is 0.347 e. The summed E-state index contributed by atoms with van der Waals surface area (Å²) in [7, 11) is 3.77. The summed E-state index contributed by atoms with van der Waals surface area (Å²) in [6.45, 7) is 3.56. The van der Waals surface area contributed by atoms with E-state index in [0.717, 1.165) is 30.9 Å². The fourth-order valence-corrected chi connectivity index (χ4v) is 2.21. The average molecular weight is 336 g/mol. The van der Waals surface area contributed by atoms with Crippen molar-refractivity contribution in [3.05, 3.63) is 35.2 Å². The lowest BCUT2D eigenvalue weighted by molar-refractivity contribution is 0.371. The first-order valence-electron chi connectivity index (χ1n) is 7.64. The van der Waals surface area contributed by atoms with Crippen LogP contribution in [-0.2, 0) is 6.54 Å². The molecule has 0 spiro atoms. The van der Waals surface area contributed by atoms with E-state index in [-0.39, 0.29) is 0 Å². The third-order valence-electron chi connectivity index (χ3n) is 3.39. The van der Waals surface area contributed by atoms with E-state index >= 15 is 0 Å². The monoisotopic (exact) mass is 335 g/mol. The third-order valence-corrected chi connectivity index (χ3v) is 3.64. The van der Waals surface area contributed by atoms with Crippen LogP contribution in [0.1, 0.15) is 25.7 Å². The normalized spacial score (nSPS) is 11.6. The second-order valence-electron chi connectivity index (χ2n) is 5.19. The zero-order valence-corrected chi connectivity index (χ0v) is 14.5. The lowest BCUT2D eigenvalue weighted by Gasteiger charge is -2.21. The van der Waals surface area contributed by atoms with E-state index in [4.69, 9.17) is 16.1 Å². The van der Waals surface area contributed by atoms with E-state index in [9.17, 15) is 0 Å². The minimum atomic E-state index is 0.434. The third kappa shape index (κ3) is 4.96. The number of nitrogens with one attached hydrogen (secondary N) is 1. The maximum Gasteiger partial charge on any atom is 0.246 e. The number of nitrogens with zero attached hydrogens (tertiary/aromatic N) is 4. The lowest BCUT2D eigenvalue weighted by atomic mass is 10.2. The van der Waals surface area contributed by atoms with Gasteiger partial charge in [-0.25, -0.2) is 0 Å². The zero-order chi connectivity index (χ0) is 16.7. The van der Waals surface area contributed by atoms with Crippen LogP contribution in [0.15, 0.2) is 33.8 Å². The van der Waals surface area contributed by atoms with Crippen LogP contribution in [0.3, 0.4) is 0 Å². The summed E-state index contributed by atoms with van der Waals surface area (Å²) in [6.07, 6.45) is 2.27. The van der Waals surface area contributed by atoms with Crippen molar-refractivity contribution in [1.29, 1.82) is 0 Å². The second-order valence-corrected chi connectivity index (χ2v) is 5.63. The zero-order valence-electron chi connectivity index (χ0n) is 13.7. The predicted octanol–water partition coefficient (Wildman–Crippen LogP) is 3.20. The Labute approximate surface area is 141 Å². The van der Waals surface area contributed by atoms with Crippen molar-refractivity contribution >= 4 is 17.6 Å². The highest BCUT2D eigenvalue weighted by Gasteiger charge is 2.10. The molecule has 0 aliphatic heterocycles. The Morgan fingerprint density at radius 1 is 1.35 bits per heavy atom. The van der Waals surface area contributed by atoms with Crippen LogP contribution in [0, 0.1) is 0 Å². The molecule has 0 fully saturated rings. The van der Waals surface area contributed by atoms with Crippen LogP contribution in [0.5, 0.6) is 0 Å². The molecule has 0 saturated carbocycles. The fourth-order valence-electron chi connectivity index (χ4n) is 2.08. The number of hydrogen-bond acceptors (Lipinski definition) is 4. The molecule has 124 valence electrons. The molecule has 0 unspecified atom stereocenters. The molecule has 0 saturated heterocycles. The van der Waals surface area contributed by atoms with Gasteiger partial charge in [0.2, 0.25) is 11.7 Å². The molecule has 1 heterocycles. The minimum absolute atomic E-state index is 0.434. The van der Waals surface area contributed by atoms with Gasteiger partial charge in [0, 0.05) is 31.2 Å². The Kier molecular flexibility index (Phi) is 6.40. The molecule has 1 aromatic carbocycles. The Balaban J connectivity index is 1.95. The molecule has 2 aromatic rings. The lowest BCUT2D eigenvalue weighted by Crippen LogP contribution is -2.39. The molecule has 0 radical (unpaired) electrons. The highest BCUT2D eigenvalue weighted by atomic mass is 35.5. The number of aliphatic imine (C=N–C) groups is 1. The van der Waals surface area contributed by atoms with E-state index in [0.29, 0.717) is 23.3 Å². The number of benzene rings is 1. The van der Waals surface area contributed by atoms with Gasteiger partial charge in [0.25, 0.3) is 0 Å². The number of aromatic nitrogens is 2. The standard InChI is InChI=1S/C16H22ClN5O/c1-4-5-10-22(3)16(18-2)19-11-14-20-15(21-23-14)12-6-8-13(17)9-7-12/h6-9H,4-5,10-11H2,1-3H3,(H,18,19). The van der Waals surface area contributed by atoms with E-state index in [1.165, 1.54) is 0 Å². The molecule has 0 atom stereocenters. The van der Waals surface area contributed by atoms with Crippen LogP contribution < -0.4 is 5.32 Å².